The van der Waals surface area contributed by atoms with Crippen LogP contribution in [-0.2, 0) is 4.74 Å². The molecule has 0 spiro atoms. The Kier molecular flexibility index (Phi) is 5.03. The molecule has 114 valence electrons. The number of carbonyl (C=O) groups excluding carboxylic acids is 1. The number of ether oxygens (including phenoxy) is 1. The zero-order valence-corrected chi connectivity index (χ0v) is 12.0. The van der Waals surface area contributed by atoms with E-state index < -0.39 is 12.2 Å². The molecule has 2 amide bonds. The minimum atomic E-state index is -0.845. The summed E-state index contributed by atoms with van der Waals surface area (Å²) < 4.78 is 4.82. The summed E-state index contributed by atoms with van der Waals surface area (Å²) in [4.78, 5) is 23.6. The van der Waals surface area contributed by atoms with E-state index in [1.54, 1.807) is 6.92 Å². The van der Waals surface area contributed by atoms with E-state index in [9.17, 15) is 9.59 Å². The normalized spacial score (nSPS) is 15.6. The highest BCUT2D eigenvalue weighted by Crippen LogP contribution is 2.28. The van der Waals surface area contributed by atoms with Crippen molar-refractivity contribution in [2.75, 3.05) is 25.0 Å². The predicted octanol–water partition coefficient (Wildman–Crippen LogP) is 3.11. The van der Waals surface area contributed by atoms with Gasteiger partial charge in [-0.3, -0.25) is 5.32 Å². The Bertz CT molecular complexity index is 493. The molecule has 6 heteroatoms. The van der Waals surface area contributed by atoms with Gasteiger partial charge in [0.15, 0.2) is 0 Å². The van der Waals surface area contributed by atoms with E-state index in [0.29, 0.717) is 31.3 Å². The first-order valence-corrected chi connectivity index (χ1v) is 7.11. The maximum Gasteiger partial charge on any atom is 0.411 e. The summed E-state index contributed by atoms with van der Waals surface area (Å²) in [6, 6.07) is 7.64. The number of hydrogen-bond acceptors (Lipinski definition) is 3. The van der Waals surface area contributed by atoms with Crippen LogP contribution in [0.4, 0.5) is 15.3 Å². The molecule has 1 aromatic rings. The van der Waals surface area contributed by atoms with Crippen LogP contribution in [0.25, 0.3) is 0 Å². The summed E-state index contributed by atoms with van der Waals surface area (Å²) in [5.74, 6) is 0.372. The number of anilines is 1. The maximum atomic E-state index is 11.3. The van der Waals surface area contributed by atoms with Gasteiger partial charge in [-0.2, -0.15) is 0 Å². The minimum absolute atomic E-state index is 0.339. The lowest BCUT2D eigenvalue weighted by Crippen LogP contribution is -2.36. The van der Waals surface area contributed by atoms with Gasteiger partial charge in [0.1, 0.15) is 0 Å². The summed E-state index contributed by atoms with van der Waals surface area (Å²) in [5, 5.41) is 11.6. The standard InChI is InChI=1S/C15H20N2O4/c1-2-21-14(18)16-13-5-3-11(4-6-13)12-7-9-17(10-8-12)15(19)20/h3-6,12H,2,7-10H2,1H3,(H,16,18)(H,19,20). The van der Waals surface area contributed by atoms with E-state index in [1.807, 2.05) is 24.3 Å². The number of rotatable bonds is 3. The van der Waals surface area contributed by atoms with Crippen molar-refractivity contribution >= 4 is 17.9 Å². The molecule has 0 radical (unpaired) electrons. The van der Waals surface area contributed by atoms with Gasteiger partial charge in [0.05, 0.1) is 6.61 Å². The van der Waals surface area contributed by atoms with Crippen LogP contribution in [0.3, 0.4) is 0 Å². The van der Waals surface area contributed by atoms with Crippen LogP contribution in [-0.4, -0.2) is 41.9 Å². The van der Waals surface area contributed by atoms with E-state index in [4.69, 9.17) is 9.84 Å². The van der Waals surface area contributed by atoms with Gasteiger partial charge in [-0.15, -0.1) is 0 Å². The SMILES string of the molecule is CCOC(=O)Nc1ccc(C2CCN(C(=O)O)CC2)cc1. The Morgan fingerprint density at radius 3 is 2.43 bits per heavy atom. The van der Waals surface area contributed by atoms with Crippen LogP contribution >= 0.6 is 0 Å². The Morgan fingerprint density at radius 1 is 1.29 bits per heavy atom. The van der Waals surface area contributed by atoms with Crippen molar-refractivity contribution in [2.45, 2.75) is 25.7 Å². The topological polar surface area (TPSA) is 78.9 Å². The first-order valence-electron chi connectivity index (χ1n) is 7.11. The third-order valence-corrected chi connectivity index (χ3v) is 3.67. The van der Waals surface area contributed by atoms with Crippen LogP contribution in [0.1, 0.15) is 31.2 Å². The van der Waals surface area contributed by atoms with E-state index in [0.717, 1.165) is 12.8 Å². The number of carboxylic acid groups (broad SMARTS) is 1. The lowest BCUT2D eigenvalue weighted by atomic mass is 9.89. The summed E-state index contributed by atoms with van der Waals surface area (Å²) in [5.41, 5.74) is 1.87. The van der Waals surface area contributed by atoms with E-state index in [2.05, 4.69) is 5.32 Å². The summed E-state index contributed by atoms with van der Waals surface area (Å²) in [7, 11) is 0. The fourth-order valence-corrected chi connectivity index (χ4v) is 2.53. The molecule has 1 fully saturated rings. The highest BCUT2D eigenvalue weighted by Gasteiger charge is 2.23. The van der Waals surface area contributed by atoms with Crippen molar-refractivity contribution in [2.24, 2.45) is 0 Å². The van der Waals surface area contributed by atoms with Gasteiger partial charge in [-0.05, 0) is 43.4 Å². The fourth-order valence-electron chi connectivity index (χ4n) is 2.53. The van der Waals surface area contributed by atoms with Gasteiger partial charge in [0.2, 0.25) is 0 Å². The number of likely N-dealkylation sites (tertiary alicyclic amines) is 1. The van der Waals surface area contributed by atoms with Gasteiger partial charge >= 0.3 is 12.2 Å². The third-order valence-electron chi connectivity index (χ3n) is 3.67. The third kappa shape index (κ3) is 4.11. The van der Waals surface area contributed by atoms with E-state index in [-0.39, 0.29) is 0 Å². The molecule has 0 saturated carbocycles. The molecule has 0 atom stereocenters. The largest absolute Gasteiger partial charge is 0.465 e. The summed E-state index contributed by atoms with van der Waals surface area (Å²) in [6.07, 6.45) is 0.357. The van der Waals surface area contributed by atoms with Crippen LogP contribution < -0.4 is 5.32 Å². The number of hydrogen-bond donors (Lipinski definition) is 2. The molecule has 6 nitrogen and oxygen atoms in total. The van der Waals surface area contributed by atoms with Gasteiger partial charge in [-0.1, -0.05) is 12.1 Å². The molecule has 2 rings (SSSR count). The molecule has 0 aromatic heterocycles. The minimum Gasteiger partial charge on any atom is -0.465 e. The Morgan fingerprint density at radius 2 is 1.90 bits per heavy atom. The number of nitrogens with one attached hydrogen (secondary N) is 1. The number of carbonyl (C=O) groups is 2. The van der Waals surface area contributed by atoms with Crippen molar-refractivity contribution in [1.29, 1.82) is 0 Å². The number of nitrogens with zero attached hydrogens (tertiary/aromatic N) is 1. The highest BCUT2D eigenvalue weighted by atomic mass is 16.5. The zero-order valence-electron chi connectivity index (χ0n) is 12.0. The average molecular weight is 292 g/mol. The Balaban J connectivity index is 1.91. The monoisotopic (exact) mass is 292 g/mol. The molecule has 0 unspecified atom stereocenters. The van der Waals surface area contributed by atoms with Crippen LogP contribution in [0.15, 0.2) is 24.3 Å². The average Bonchev–Trinajstić information content (AvgIpc) is 2.48. The first-order chi connectivity index (χ1) is 10.1. The van der Waals surface area contributed by atoms with Crippen molar-refractivity contribution < 1.29 is 19.4 Å². The molecule has 0 aliphatic carbocycles. The molecule has 21 heavy (non-hydrogen) atoms. The van der Waals surface area contributed by atoms with Crippen molar-refractivity contribution in [3.05, 3.63) is 29.8 Å². The number of piperidine rings is 1. The molecule has 1 heterocycles. The molecular formula is C15H20N2O4. The lowest BCUT2D eigenvalue weighted by Gasteiger charge is -2.30. The zero-order chi connectivity index (χ0) is 15.2. The predicted molar refractivity (Wildman–Crippen MR) is 78.7 cm³/mol. The smallest absolute Gasteiger partial charge is 0.411 e. The second-order valence-electron chi connectivity index (χ2n) is 5.01. The van der Waals surface area contributed by atoms with E-state index >= 15 is 0 Å². The Labute approximate surface area is 123 Å². The second-order valence-corrected chi connectivity index (χ2v) is 5.01. The van der Waals surface area contributed by atoms with E-state index in [1.165, 1.54) is 10.5 Å². The maximum absolute atomic E-state index is 11.3. The van der Waals surface area contributed by atoms with Crippen molar-refractivity contribution in [3.8, 4) is 0 Å². The van der Waals surface area contributed by atoms with Gasteiger partial charge < -0.3 is 14.7 Å². The second kappa shape index (κ2) is 6.97. The fraction of sp³-hybridized carbons (Fsp3) is 0.467. The molecule has 2 N–H and O–H groups in total. The highest BCUT2D eigenvalue weighted by molar-refractivity contribution is 5.84. The molecule has 1 aliphatic rings. The molecule has 0 bridgehead atoms. The molecule has 1 aromatic carbocycles. The number of amides is 2. The number of benzene rings is 1. The van der Waals surface area contributed by atoms with Crippen molar-refractivity contribution in [3.63, 3.8) is 0 Å². The molecule has 1 aliphatic heterocycles. The first kappa shape index (κ1) is 15.2. The van der Waals surface area contributed by atoms with Crippen molar-refractivity contribution in [1.82, 2.24) is 4.90 Å². The summed E-state index contributed by atoms with van der Waals surface area (Å²) >= 11 is 0. The van der Waals surface area contributed by atoms with Crippen LogP contribution in [0, 0.1) is 0 Å². The van der Waals surface area contributed by atoms with Gasteiger partial charge in [0.25, 0.3) is 0 Å². The lowest BCUT2D eigenvalue weighted by molar-refractivity contribution is 0.132. The van der Waals surface area contributed by atoms with Crippen LogP contribution in [0.2, 0.25) is 0 Å². The Hall–Kier alpha value is -2.24. The van der Waals surface area contributed by atoms with Crippen LogP contribution in [0.5, 0.6) is 0 Å². The van der Waals surface area contributed by atoms with Gasteiger partial charge in [-0.25, -0.2) is 9.59 Å². The molecular weight excluding hydrogens is 272 g/mol. The van der Waals surface area contributed by atoms with Gasteiger partial charge in [0, 0.05) is 18.8 Å². The molecule has 1 saturated heterocycles. The quantitative estimate of drug-likeness (QED) is 0.897. The summed E-state index contributed by atoms with van der Waals surface area (Å²) in [6.45, 7) is 3.24.